The molecule has 0 aliphatic rings. The molecule has 2 rings (SSSR count). The molecule has 0 saturated carbocycles. The highest BCUT2D eigenvalue weighted by atomic mass is 16.6. The van der Waals surface area contributed by atoms with Gasteiger partial charge in [-0.05, 0) is 0 Å². The van der Waals surface area contributed by atoms with Gasteiger partial charge in [0.2, 0.25) is 5.78 Å². The minimum atomic E-state index is -0.501. The molecule has 0 atom stereocenters. The number of carbonyl (C=O) groups excluding carboxylic acids is 1. The maximum Gasteiger partial charge on any atom is 0.372 e. The van der Waals surface area contributed by atoms with Crippen molar-refractivity contribution in [1.82, 2.24) is 24.1 Å². The van der Waals surface area contributed by atoms with Gasteiger partial charge in [0.05, 0.1) is 6.61 Å². The molecule has 0 fully saturated rings. The Bertz CT molecular complexity index is 604. The fraction of sp³-hybridized carbons (Fsp3) is 0.444. The molecule has 2 aromatic heterocycles. The van der Waals surface area contributed by atoms with Crippen LogP contribution in [0, 0.1) is 0 Å². The van der Waals surface area contributed by atoms with Gasteiger partial charge in [0.15, 0.2) is 0 Å². The molecule has 0 radical (unpaired) electrons. The Morgan fingerprint density at radius 2 is 2.22 bits per heavy atom. The summed E-state index contributed by atoms with van der Waals surface area (Å²) in [7, 11) is 0. The highest BCUT2D eigenvalue weighted by molar-refractivity contribution is 5.65. The van der Waals surface area contributed by atoms with Crippen molar-refractivity contribution in [2.45, 2.75) is 13.7 Å². The van der Waals surface area contributed by atoms with Crippen LogP contribution in [0.1, 0.15) is 6.92 Å². The molecule has 0 unspecified atom stereocenters. The number of hydrogen-bond donors (Lipinski definition) is 0. The maximum atomic E-state index is 11.3. The average molecular weight is 253 g/mol. The Kier molecular flexibility index (Phi) is 3.63. The van der Waals surface area contributed by atoms with E-state index in [0.29, 0.717) is 5.78 Å². The molecule has 2 aromatic rings. The lowest BCUT2D eigenvalue weighted by atomic mass is 10.7. The van der Waals surface area contributed by atoms with E-state index in [4.69, 9.17) is 9.47 Å². The van der Waals surface area contributed by atoms with Crippen molar-refractivity contribution in [3.05, 3.63) is 23.1 Å². The number of carbonyl (C=O) groups is 1. The number of ether oxygens (including phenoxy) is 2. The molecule has 9 heteroatoms. The van der Waals surface area contributed by atoms with E-state index in [2.05, 4.69) is 15.1 Å². The van der Waals surface area contributed by atoms with Crippen molar-refractivity contribution in [2.24, 2.45) is 0 Å². The van der Waals surface area contributed by atoms with Gasteiger partial charge >= 0.3 is 11.7 Å². The number of nitrogens with zero attached hydrogens (tertiary/aromatic N) is 5. The van der Waals surface area contributed by atoms with Crippen molar-refractivity contribution < 1.29 is 14.3 Å². The van der Waals surface area contributed by atoms with Gasteiger partial charge < -0.3 is 9.47 Å². The first-order chi connectivity index (χ1) is 8.68. The van der Waals surface area contributed by atoms with E-state index in [1.165, 1.54) is 17.8 Å². The van der Waals surface area contributed by atoms with E-state index in [1.807, 2.05) is 0 Å². The van der Waals surface area contributed by atoms with Gasteiger partial charge in [-0.3, -0.25) is 9.36 Å². The van der Waals surface area contributed by atoms with E-state index >= 15 is 0 Å². The van der Waals surface area contributed by atoms with Crippen molar-refractivity contribution >= 4 is 11.7 Å². The number of fused-ring (bicyclic) bond motifs is 1. The van der Waals surface area contributed by atoms with Crippen molar-refractivity contribution in [2.75, 3.05) is 13.2 Å². The zero-order valence-electron chi connectivity index (χ0n) is 9.65. The zero-order chi connectivity index (χ0) is 13.0. The Balaban J connectivity index is 1.94. The maximum absolute atomic E-state index is 11.3. The standard InChI is InChI=1S/C9H11N5O4/c1-7(15)18-3-2-17-6-13-5-12-14-8(13)10-4-11-9(14)16/h4-5H,2-3,6H2,1H3. The average Bonchev–Trinajstić information content (AvgIpc) is 2.73. The van der Waals surface area contributed by atoms with Crippen molar-refractivity contribution in [3.63, 3.8) is 0 Å². The number of aromatic nitrogens is 5. The van der Waals surface area contributed by atoms with E-state index in [1.54, 1.807) is 0 Å². The van der Waals surface area contributed by atoms with Crippen molar-refractivity contribution in [1.29, 1.82) is 0 Å². The molecule has 0 amide bonds. The predicted octanol–water partition coefficient (Wildman–Crippen LogP) is -1.18. The summed E-state index contributed by atoms with van der Waals surface area (Å²) in [4.78, 5) is 29.2. The summed E-state index contributed by atoms with van der Waals surface area (Å²) in [6, 6.07) is 0. The van der Waals surface area contributed by atoms with Crippen LogP contribution in [-0.4, -0.2) is 43.3 Å². The third-order valence-electron chi connectivity index (χ3n) is 2.04. The Hall–Kier alpha value is -2.29. The molecule has 0 saturated heterocycles. The molecular formula is C9H11N5O4. The number of hydrogen-bond acceptors (Lipinski definition) is 7. The number of esters is 1. The van der Waals surface area contributed by atoms with Gasteiger partial charge in [-0.25, -0.2) is 9.78 Å². The molecular weight excluding hydrogens is 242 g/mol. The van der Waals surface area contributed by atoms with Crippen LogP contribution in [0.5, 0.6) is 0 Å². The van der Waals surface area contributed by atoms with Crippen LogP contribution in [0.25, 0.3) is 5.78 Å². The topological polar surface area (TPSA) is 101 Å². The lowest BCUT2D eigenvalue weighted by molar-refractivity contribution is -0.142. The fourth-order valence-electron chi connectivity index (χ4n) is 1.29. The molecule has 18 heavy (non-hydrogen) atoms. The van der Waals surface area contributed by atoms with Gasteiger partial charge in [-0.1, -0.05) is 0 Å². The Morgan fingerprint density at radius 3 is 3.00 bits per heavy atom. The van der Waals surface area contributed by atoms with Gasteiger partial charge in [0, 0.05) is 6.92 Å². The largest absolute Gasteiger partial charge is 0.463 e. The Labute approximate surface area is 101 Å². The minimum absolute atomic E-state index is 0.154. The Morgan fingerprint density at radius 1 is 1.39 bits per heavy atom. The smallest absolute Gasteiger partial charge is 0.372 e. The van der Waals surface area contributed by atoms with E-state index in [0.717, 1.165) is 10.8 Å². The van der Waals surface area contributed by atoms with Crippen LogP contribution in [0.4, 0.5) is 0 Å². The van der Waals surface area contributed by atoms with E-state index < -0.39 is 5.69 Å². The summed E-state index contributed by atoms with van der Waals surface area (Å²) in [5.41, 5.74) is -0.501. The summed E-state index contributed by atoms with van der Waals surface area (Å²) in [5, 5.41) is 3.82. The molecule has 9 nitrogen and oxygen atoms in total. The van der Waals surface area contributed by atoms with Crippen LogP contribution in [-0.2, 0) is 21.0 Å². The highest BCUT2D eigenvalue weighted by Crippen LogP contribution is 1.95. The lowest BCUT2D eigenvalue weighted by Crippen LogP contribution is -2.18. The molecule has 0 aliphatic heterocycles. The zero-order valence-corrected chi connectivity index (χ0v) is 9.65. The molecule has 0 aliphatic carbocycles. The first-order valence-corrected chi connectivity index (χ1v) is 5.15. The van der Waals surface area contributed by atoms with E-state index in [9.17, 15) is 9.59 Å². The normalized spacial score (nSPS) is 10.7. The van der Waals surface area contributed by atoms with Crippen LogP contribution in [0.3, 0.4) is 0 Å². The molecule has 0 bridgehead atoms. The summed E-state index contributed by atoms with van der Waals surface area (Å²) < 4.78 is 12.5. The SMILES string of the molecule is CC(=O)OCCOCn1cnn2c(=O)ncnc12. The summed E-state index contributed by atoms with van der Waals surface area (Å²) in [5.74, 6) is -0.0199. The van der Waals surface area contributed by atoms with Crippen LogP contribution in [0.15, 0.2) is 17.4 Å². The summed E-state index contributed by atoms with van der Waals surface area (Å²) in [6.07, 6.45) is 2.58. The van der Waals surface area contributed by atoms with Crippen LogP contribution >= 0.6 is 0 Å². The quantitative estimate of drug-likeness (QED) is 0.488. The monoisotopic (exact) mass is 253 g/mol. The molecule has 96 valence electrons. The third-order valence-corrected chi connectivity index (χ3v) is 2.04. The van der Waals surface area contributed by atoms with E-state index in [-0.39, 0.29) is 25.9 Å². The second-order valence-electron chi connectivity index (χ2n) is 3.35. The molecule has 0 spiro atoms. The van der Waals surface area contributed by atoms with Crippen LogP contribution < -0.4 is 5.69 Å². The second-order valence-corrected chi connectivity index (χ2v) is 3.35. The molecule has 2 heterocycles. The fourth-order valence-corrected chi connectivity index (χ4v) is 1.29. The highest BCUT2D eigenvalue weighted by Gasteiger charge is 2.05. The predicted molar refractivity (Wildman–Crippen MR) is 57.6 cm³/mol. The van der Waals surface area contributed by atoms with Gasteiger partial charge in [-0.2, -0.15) is 10.1 Å². The van der Waals surface area contributed by atoms with Crippen molar-refractivity contribution in [3.8, 4) is 0 Å². The molecule has 0 aromatic carbocycles. The summed E-state index contributed by atoms with van der Waals surface area (Å²) >= 11 is 0. The molecule has 0 N–H and O–H groups in total. The first-order valence-electron chi connectivity index (χ1n) is 5.15. The van der Waals surface area contributed by atoms with Crippen LogP contribution in [0.2, 0.25) is 0 Å². The van der Waals surface area contributed by atoms with Gasteiger partial charge in [-0.15, -0.1) is 4.52 Å². The van der Waals surface area contributed by atoms with Gasteiger partial charge in [0.1, 0.15) is 26.0 Å². The third kappa shape index (κ3) is 2.69. The minimum Gasteiger partial charge on any atom is -0.463 e. The number of rotatable bonds is 5. The van der Waals surface area contributed by atoms with Gasteiger partial charge in [0.25, 0.3) is 0 Å². The second kappa shape index (κ2) is 5.36. The first kappa shape index (κ1) is 12.2. The lowest BCUT2D eigenvalue weighted by Gasteiger charge is -2.05. The summed E-state index contributed by atoms with van der Waals surface area (Å²) in [6.45, 7) is 1.91.